The van der Waals surface area contributed by atoms with E-state index in [-0.39, 0.29) is 30.7 Å². The van der Waals surface area contributed by atoms with Crippen molar-refractivity contribution in [1.82, 2.24) is 5.32 Å². The first-order valence-electron chi connectivity index (χ1n) is 9.13. The highest BCUT2D eigenvalue weighted by Gasteiger charge is 2.07. The molecule has 0 saturated heterocycles. The first-order valence-corrected chi connectivity index (χ1v) is 9.13. The Morgan fingerprint density at radius 1 is 0.828 bits per heavy atom. The second kappa shape index (κ2) is 11.5. The van der Waals surface area contributed by atoms with E-state index in [1.165, 1.54) is 7.11 Å². The molecule has 3 N–H and O–H groups in total. The molecule has 0 bridgehead atoms. The number of hydrogen-bond donors (Lipinski definition) is 3. The van der Waals surface area contributed by atoms with Crippen molar-refractivity contribution in [2.24, 2.45) is 0 Å². The monoisotopic (exact) mass is 399 g/mol. The molecule has 0 unspecified atom stereocenters. The number of nitrogens with one attached hydrogen (secondary N) is 3. The maximum atomic E-state index is 12.0. The van der Waals surface area contributed by atoms with E-state index in [0.717, 1.165) is 0 Å². The molecule has 0 fully saturated rings. The van der Waals surface area contributed by atoms with Gasteiger partial charge in [-0.15, -0.1) is 0 Å². The summed E-state index contributed by atoms with van der Waals surface area (Å²) in [5.74, 6) is 0.0867. The molecule has 0 aromatic heterocycles. The molecule has 29 heavy (non-hydrogen) atoms. The van der Waals surface area contributed by atoms with Gasteiger partial charge in [0.1, 0.15) is 12.4 Å². The Balaban J connectivity index is 1.68. The van der Waals surface area contributed by atoms with Crippen molar-refractivity contribution < 1.29 is 23.9 Å². The number of carbonyl (C=O) groups is 3. The van der Waals surface area contributed by atoms with Gasteiger partial charge in [0.15, 0.2) is 0 Å². The Bertz CT molecular complexity index is 819. The van der Waals surface area contributed by atoms with Crippen molar-refractivity contribution >= 4 is 29.1 Å². The van der Waals surface area contributed by atoms with Crippen LogP contribution in [0.3, 0.4) is 0 Å². The largest absolute Gasteiger partial charge is 0.497 e. The van der Waals surface area contributed by atoms with Gasteiger partial charge in [-0.1, -0.05) is 0 Å². The molecule has 3 amide bonds. The van der Waals surface area contributed by atoms with Crippen LogP contribution in [0.15, 0.2) is 48.5 Å². The zero-order chi connectivity index (χ0) is 21.1. The minimum Gasteiger partial charge on any atom is -0.497 e. The van der Waals surface area contributed by atoms with Crippen LogP contribution in [0, 0.1) is 0 Å². The van der Waals surface area contributed by atoms with Gasteiger partial charge in [0.05, 0.1) is 7.11 Å². The maximum Gasteiger partial charge on any atom is 0.251 e. The molecule has 0 aliphatic carbocycles. The lowest BCUT2D eigenvalue weighted by Gasteiger charge is -2.08. The van der Waals surface area contributed by atoms with Crippen LogP contribution in [0.5, 0.6) is 5.75 Å². The minimum absolute atomic E-state index is 0.0203. The van der Waals surface area contributed by atoms with E-state index < -0.39 is 0 Å². The molecule has 0 spiro atoms. The van der Waals surface area contributed by atoms with E-state index in [2.05, 4.69) is 16.0 Å². The van der Waals surface area contributed by atoms with E-state index in [4.69, 9.17) is 9.47 Å². The molecule has 0 heterocycles. The lowest BCUT2D eigenvalue weighted by molar-refractivity contribution is -0.119. The summed E-state index contributed by atoms with van der Waals surface area (Å²) in [7, 11) is 3.01. The third kappa shape index (κ3) is 7.63. The molecule has 0 atom stereocenters. The fraction of sp³-hybridized carbons (Fsp3) is 0.286. The van der Waals surface area contributed by atoms with E-state index >= 15 is 0 Å². The van der Waals surface area contributed by atoms with Crippen LogP contribution in [0.1, 0.15) is 23.2 Å². The van der Waals surface area contributed by atoms with E-state index in [0.29, 0.717) is 35.7 Å². The summed E-state index contributed by atoms with van der Waals surface area (Å²) in [5.41, 5.74) is 1.78. The van der Waals surface area contributed by atoms with Crippen molar-refractivity contribution in [3.05, 3.63) is 54.1 Å². The third-order valence-corrected chi connectivity index (χ3v) is 3.95. The number of hydrogen-bond acceptors (Lipinski definition) is 5. The van der Waals surface area contributed by atoms with Crippen LogP contribution in [0.2, 0.25) is 0 Å². The Morgan fingerprint density at radius 2 is 1.41 bits per heavy atom. The fourth-order valence-electron chi connectivity index (χ4n) is 2.48. The van der Waals surface area contributed by atoms with Crippen LogP contribution in [0.4, 0.5) is 11.4 Å². The zero-order valence-electron chi connectivity index (χ0n) is 16.5. The molecule has 8 nitrogen and oxygen atoms in total. The van der Waals surface area contributed by atoms with E-state index in [1.54, 1.807) is 55.6 Å². The topological polar surface area (TPSA) is 106 Å². The summed E-state index contributed by atoms with van der Waals surface area (Å²) in [5, 5.41) is 8.23. The highest BCUT2D eigenvalue weighted by Crippen LogP contribution is 2.14. The second-order valence-corrected chi connectivity index (χ2v) is 6.19. The predicted octanol–water partition coefficient (Wildman–Crippen LogP) is 2.43. The molecule has 154 valence electrons. The molecular formula is C21H25N3O5. The van der Waals surface area contributed by atoms with E-state index in [1.807, 2.05) is 0 Å². The highest BCUT2D eigenvalue weighted by molar-refractivity contribution is 5.95. The molecule has 0 saturated carbocycles. The summed E-state index contributed by atoms with van der Waals surface area (Å²) in [4.78, 5) is 35.5. The van der Waals surface area contributed by atoms with Crippen LogP contribution in [-0.4, -0.2) is 45.1 Å². The highest BCUT2D eigenvalue weighted by atomic mass is 16.5. The number of carbonyl (C=O) groups excluding carboxylic acids is 3. The average Bonchev–Trinajstić information content (AvgIpc) is 2.72. The number of methoxy groups -OCH3 is 2. The summed E-state index contributed by atoms with van der Waals surface area (Å²) < 4.78 is 9.80. The van der Waals surface area contributed by atoms with Crippen molar-refractivity contribution in [3.63, 3.8) is 0 Å². The number of rotatable bonds is 10. The Labute approximate surface area is 169 Å². The summed E-state index contributed by atoms with van der Waals surface area (Å²) >= 11 is 0. The van der Waals surface area contributed by atoms with Gasteiger partial charge < -0.3 is 25.4 Å². The lowest BCUT2D eigenvalue weighted by Crippen LogP contribution is -2.25. The number of benzene rings is 2. The second-order valence-electron chi connectivity index (χ2n) is 6.19. The molecule has 2 aromatic carbocycles. The summed E-state index contributed by atoms with van der Waals surface area (Å²) in [6.45, 7) is 0.371. The Kier molecular flexibility index (Phi) is 8.65. The van der Waals surface area contributed by atoms with Gasteiger partial charge in [-0.2, -0.15) is 0 Å². The van der Waals surface area contributed by atoms with Gasteiger partial charge >= 0.3 is 0 Å². The molecule has 8 heteroatoms. The molecular weight excluding hydrogens is 374 g/mol. The van der Waals surface area contributed by atoms with Crippen molar-refractivity contribution in [1.29, 1.82) is 0 Å². The summed E-state index contributed by atoms with van der Waals surface area (Å²) in [6.07, 6.45) is 0.786. The van der Waals surface area contributed by atoms with Gasteiger partial charge in [-0.25, -0.2) is 0 Å². The molecule has 2 rings (SSSR count). The van der Waals surface area contributed by atoms with Gasteiger partial charge in [0, 0.05) is 37.0 Å². The van der Waals surface area contributed by atoms with Crippen LogP contribution >= 0.6 is 0 Å². The minimum atomic E-state index is -0.249. The smallest absolute Gasteiger partial charge is 0.251 e. The summed E-state index contributed by atoms with van der Waals surface area (Å²) in [6, 6.07) is 13.6. The molecule has 0 aliphatic rings. The first kappa shape index (κ1) is 21.9. The molecule has 0 radical (unpaired) electrons. The normalized spacial score (nSPS) is 10.1. The van der Waals surface area contributed by atoms with Crippen LogP contribution in [0.25, 0.3) is 0 Å². The molecule has 0 aliphatic heterocycles. The number of ether oxygens (including phenoxy) is 2. The van der Waals surface area contributed by atoms with Gasteiger partial charge in [0.25, 0.3) is 5.91 Å². The van der Waals surface area contributed by atoms with E-state index in [9.17, 15) is 14.4 Å². The number of anilines is 2. The van der Waals surface area contributed by atoms with Gasteiger partial charge in [-0.05, 0) is 55.0 Å². The van der Waals surface area contributed by atoms with Crippen LogP contribution in [-0.2, 0) is 14.3 Å². The fourth-order valence-corrected chi connectivity index (χ4v) is 2.48. The Hall–Kier alpha value is -3.39. The average molecular weight is 399 g/mol. The standard InChI is InChI=1S/C21H25N3O5/c1-28-14-20(26)24-17-9-7-16(8-10-17)23-19(25)4-3-13-22-21(27)15-5-11-18(29-2)12-6-15/h5-12H,3-4,13-14H2,1-2H3,(H,22,27)(H,23,25)(H,24,26). The van der Waals surface area contributed by atoms with Crippen molar-refractivity contribution in [2.75, 3.05) is 38.0 Å². The zero-order valence-corrected chi connectivity index (χ0v) is 16.5. The lowest BCUT2D eigenvalue weighted by atomic mass is 10.2. The SMILES string of the molecule is COCC(=O)Nc1ccc(NC(=O)CCCNC(=O)c2ccc(OC)cc2)cc1. The predicted molar refractivity (Wildman–Crippen MR) is 110 cm³/mol. The molecule has 2 aromatic rings. The Morgan fingerprint density at radius 3 is 1.97 bits per heavy atom. The first-order chi connectivity index (χ1) is 14.0. The third-order valence-electron chi connectivity index (χ3n) is 3.95. The van der Waals surface area contributed by atoms with Crippen molar-refractivity contribution in [3.8, 4) is 5.75 Å². The van der Waals surface area contributed by atoms with Gasteiger partial charge in [-0.3, -0.25) is 14.4 Å². The number of amides is 3. The maximum absolute atomic E-state index is 12.0. The quantitative estimate of drug-likeness (QED) is 0.532. The van der Waals surface area contributed by atoms with Crippen LogP contribution < -0.4 is 20.7 Å². The van der Waals surface area contributed by atoms with Crippen molar-refractivity contribution in [2.45, 2.75) is 12.8 Å². The van der Waals surface area contributed by atoms with Gasteiger partial charge in [0.2, 0.25) is 11.8 Å².